The lowest BCUT2D eigenvalue weighted by Gasteiger charge is -2.11. The second-order valence-electron chi connectivity index (χ2n) is 4.63. The third kappa shape index (κ3) is 3.57. The van der Waals surface area contributed by atoms with Gasteiger partial charge in [0.15, 0.2) is 0 Å². The summed E-state index contributed by atoms with van der Waals surface area (Å²) in [6, 6.07) is 0. The van der Waals surface area contributed by atoms with Crippen molar-refractivity contribution in [3.8, 4) is 5.88 Å². The van der Waals surface area contributed by atoms with Gasteiger partial charge in [0.1, 0.15) is 5.82 Å². The SMILES string of the molecule is CCNc1cn2ccnc2c(OCCCN(C)C)n1. The largest absolute Gasteiger partial charge is 0.475 e. The molecule has 0 saturated carbocycles. The first-order chi connectivity index (χ1) is 9.20. The zero-order valence-electron chi connectivity index (χ0n) is 11.8. The van der Waals surface area contributed by atoms with Crippen molar-refractivity contribution in [2.45, 2.75) is 13.3 Å². The van der Waals surface area contributed by atoms with Gasteiger partial charge in [-0.25, -0.2) is 4.98 Å². The predicted molar refractivity (Wildman–Crippen MR) is 75.8 cm³/mol. The van der Waals surface area contributed by atoms with E-state index in [0.717, 1.165) is 31.0 Å². The van der Waals surface area contributed by atoms with Gasteiger partial charge in [-0.15, -0.1) is 0 Å². The molecule has 2 aromatic heterocycles. The lowest BCUT2D eigenvalue weighted by atomic mass is 10.4. The lowest BCUT2D eigenvalue weighted by Crippen LogP contribution is -2.16. The van der Waals surface area contributed by atoms with Gasteiger partial charge in [0.05, 0.1) is 12.8 Å². The van der Waals surface area contributed by atoms with Crippen molar-refractivity contribution >= 4 is 11.5 Å². The van der Waals surface area contributed by atoms with Gasteiger partial charge in [-0.1, -0.05) is 0 Å². The van der Waals surface area contributed by atoms with Crippen molar-refractivity contribution in [2.24, 2.45) is 0 Å². The first-order valence-electron chi connectivity index (χ1n) is 6.56. The molecule has 0 aliphatic carbocycles. The zero-order chi connectivity index (χ0) is 13.7. The van der Waals surface area contributed by atoms with E-state index in [-0.39, 0.29) is 0 Å². The number of anilines is 1. The Hall–Kier alpha value is -1.82. The predicted octanol–water partition coefficient (Wildman–Crippen LogP) is 1.49. The molecular formula is C13H21N5O. The highest BCUT2D eigenvalue weighted by molar-refractivity contribution is 5.53. The summed E-state index contributed by atoms with van der Waals surface area (Å²) in [7, 11) is 4.10. The molecule has 2 aromatic rings. The van der Waals surface area contributed by atoms with Crippen LogP contribution in [0.1, 0.15) is 13.3 Å². The molecule has 0 amide bonds. The van der Waals surface area contributed by atoms with E-state index in [1.54, 1.807) is 6.20 Å². The number of aromatic nitrogens is 3. The van der Waals surface area contributed by atoms with E-state index in [4.69, 9.17) is 4.74 Å². The van der Waals surface area contributed by atoms with Crippen LogP contribution in [0.25, 0.3) is 5.65 Å². The maximum Gasteiger partial charge on any atom is 0.260 e. The molecular weight excluding hydrogens is 242 g/mol. The first kappa shape index (κ1) is 13.6. The molecule has 0 aliphatic rings. The number of nitrogens with zero attached hydrogens (tertiary/aromatic N) is 4. The summed E-state index contributed by atoms with van der Waals surface area (Å²) in [5, 5.41) is 3.19. The van der Waals surface area contributed by atoms with Crippen LogP contribution in [0.4, 0.5) is 5.82 Å². The van der Waals surface area contributed by atoms with E-state index < -0.39 is 0 Å². The summed E-state index contributed by atoms with van der Waals surface area (Å²) in [6.07, 6.45) is 6.52. The van der Waals surface area contributed by atoms with E-state index in [1.807, 2.05) is 23.7 Å². The van der Waals surface area contributed by atoms with E-state index in [9.17, 15) is 0 Å². The number of ether oxygens (including phenoxy) is 1. The summed E-state index contributed by atoms with van der Waals surface area (Å²) in [6.45, 7) is 4.51. The Labute approximate surface area is 113 Å². The third-order valence-electron chi connectivity index (χ3n) is 2.69. The fraction of sp³-hybridized carbons (Fsp3) is 0.538. The zero-order valence-corrected chi connectivity index (χ0v) is 11.8. The van der Waals surface area contributed by atoms with Crippen molar-refractivity contribution in [3.63, 3.8) is 0 Å². The van der Waals surface area contributed by atoms with Crippen LogP contribution in [0, 0.1) is 0 Å². The smallest absolute Gasteiger partial charge is 0.260 e. The van der Waals surface area contributed by atoms with Gasteiger partial charge >= 0.3 is 0 Å². The van der Waals surface area contributed by atoms with E-state index >= 15 is 0 Å². The Balaban J connectivity index is 2.09. The highest BCUT2D eigenvalue weighted by Crippen LogP contribution is 2.18. The minimum atomic E-state index is 0.585. The summed E-state index contributed by atoms with van der Waals surface area (Å²) in [5.74, 6) is 1.39. The Morgan fingerprint density at radius 1 is 1.42 bits per heavy atom. The number of hydrogen-bond donors (Lipinski definition) is 1. The molecule has 0 unspecified atom stereocenters. The van der Waals surface area contributed by atoms with Gasteiger partial charge in [0, 0.05) is 25.5 Å². The second-order valence-corrected chi connectivity index (χ2v) is 4.63. The second kappa shape index (κ2) is 6.38. The summed E-state index contributed by atoms with van der Waals surface area (Å²) >= 11 is 0. The maximum absolute atomic E-state index is 5.75. The van der Waals surface area contributed by atoms with Crippen molar-refractivity contribution in [3.05, 3.63) is 18.6 Å². The number of nitrogens with one attached hydrogen (secondary N) is 1. The van der Waals surface area contributed by atoms with Crippen LogP contribution < -0.4 is 10.1 Å². The van der Waals surface area contributed by atoms with Crippen molar-refractivity contribution < 1.29 is 4.74 Å². The van der Waals surface area contributed by atoms with Gasteiger partial charge in [-0.2, -0.15) is 4.98 Å². The number of rotatable bonds is 7. The van der Waals surface area contributed by atoms with Crippen molar-refractivity contribution in [2.75, 3.05) is 39.1 Å². The van der Waals surface area contributed by atoms with Crippen LogP contribution in [0.2, 0.25) is 0 Å². The molecule has 6 nitrogen and oxygen atoms in total. The minimum Gasteiger partial charge on any atom is -0.475 e. The minimum absolute atomic E-state index is 0.585. The molecule has 0 saturated heterocycles. The van der Waals surface area contributed by atoms with Gasteiger partial charge in [0.2, 0.25) is 5.65 Å². The molecule has 0 radical (unpaired) electrons. The highest BCUT2D eigenvalue weighted by Gasteiger charge is 2.08. The van der Waals surface area contributed by atoms with E-state index in [0.29, 0.717) is 12.5 Å². The number of fused-ring (bicyclic) bond motifs is 1. The third-order valence-corrected chi connectivity index (χ3v) is 2.69. The van der Waals surface area contributed by atoms with E-state index in [1.165, 1.54) is 0 Å². The molecule has 2 heterocycles. The van der Waals surface area contributed by atoms with Gasteiger partial charge in [-0.3, -0.25) is 4.40 Å². The number of imidazole rings is 1. The fourth-order valence-corrected chi connectivity index (χ4v) is 1.82. The van der Waals surface area contributed by atoms with Crippen LogP contribution in [0.3, 0.4) is 0 Å². The molecule has 0 bridgehead atoms. The van der Waals surface area contributed by atoms with Crippen LogP contribution in [-0.2, 0) is 0 Å². The van der Waals surface area contributed by atoms with Crippen LogP contribution in [0.15, 0.2) is 18.6 Å². The summed E-state index contributed by atoms with van der Waals surface area (Å²) in [4.78, 5) is 10.9. The Bertz CT molecular complexity index is 523. The Kier molecular flexibility index (Phi) is 4.57. The van der Waals surface area contributed by atoms with E-state index in [2.05, 4.69) is 34.3 Å². The average molecular weight is 263 g/mol. The molecule has 0 aromatic carbocycles. The molecule has 6 heteroatoms. The summed E-state index contributed by atoms with van der Waals surface area (Å²) < 4.78 is 7.68. The van der Waals surface area contributed by atoms with Crippen LogP contribution in [-0.4, -0.2) is 53.1 Å². The van der Waals surface area contributed by atoms with Gasteiger partial charge < -0.3 is 15.0 Å². The molecule has 104 valence electrons. The molecule has 0 atom stereocenters. The van der Waals surface area contributed by atoms with Crippen molar-refractivity contribution in [1.29, 1.82) is 0 Å². The van der Waals surface area contributed by atoms with Crippen molar-refractivity contribution in [1.82, 2.24) is 19.3 Å². The van der Waals surface area contributed by atoms with Gasteiger partial charge in [-0.05, 0) is 27.4 Å². The first-order valence-corrected chi connectivity index (χ1v) is 6.56. The van der Waals surface area contributed by atoms with Crippen LogP contribution in [0.5, 0.6) is 5.88 Å². The standard InChI is InChI=1S/C13H21N5O/c1-4-14-11-10-18-8-6-15-12(18)13(16-11)19-9-5-7-17(2)3/h6,8,10,14H,4-5,7,9H2,1-3H3. The average Bonchev–Trinajstić information content (AvgIpc) is 2.83. The molecule has 1 N–H and O–H groups in total. The monoisotopic (exact) mass is 263 g/mol. The molecule has 0 aliphatic heterocycles. The topological polar surface area (TPSA) is 54.7 Å². The molecule has 19 heavy (non-hydrogen) atoms. The fourth-order valence-electron chi connectivity index (χ4n) is 1.82. The van der Waals surface area contributed by atoms with Gasteiger partial charge in [0.25, 0.3) is 5.88 Å². The Morgan fingerprint density at radius 3 is 3.00 bits per heavy atom. The quantitative estimate of drug-likeness (QED) is 0.767. The highest BCUT2D eigenvalue weighted by atomic mass is 16.5. The lowest BCUT2D eigenvalue weighted by molar-refractivity contribution is 0.275. The normalized spacial score (nSPS) is 11.2. The molecule has 0 fully saturated rings. The molecule has 2 rings (SSSR count). The summed E-state index contributed by atoms with van der Waals surface area (Å²) in [5.41, 5.74) is 0.756. The molecule has 0 spiro atoms. The number of hydrogen-bond acceptors (Lipinski definition) is 5. The Morgan fingerprint density at radius 2 is 2.26 bits per heavy atom. The maximum atomic E-state index is 5.75. The van der Waals surface area contributed by atoms with Crippen LogP contribution >= 0.6 is 0 Å².